The van der Waals surface area contributed by atoms with E-state index >= 15 is 0 Å². The Labute approximate surface area is 119 Å². The number of rotatable bonds is 3. The molecule has 2 N–H and O–H groups in total. The number of nitrogens with zero attached hydrogens (tertiary/aromatic N) is 3. The van der Waals surface area contributed by atoms with E-state index in [-0.39, 0.29) is 5.91 Å². The summed E-state index contributed by atoms with van der Waals surface area (Å²) in [4.78, 5) is 19.6. The molecule has 2 heterocycles. The first-order chi connectivity index (χ1) is 9.74. The molecule has 0 aliphatic rings. The first-order valence-corrected chi connectivity index (χ1v) is 6.70. The lowest BCUT2D eigenvalue weighted by molar-refractivity contribution is 0.103. The number of hydrogen-bond donors (Lipinski definition) is 2. The number of nitrogens with one attached hydrogen (secondary N) is 2. The molecule has 100 valence electrons. The van der Waals surface area contributed by atoms with Gasteiger partial charge in [-0.25, -0.2) is 4.98 Å². The van der Waals surface area contributed by atoms with Crippen LogP contribution >= 0.6 is 11.5 Å². The van der Waals surface area contributed by atoms with Gasteiger partial charge in [0.2, 0.25) is 0 Å². The van der Waals surface area contributed by atoms with Gasteiger partial charge in [-0.2, -0.15) is 0 Å². The number of imidazole rings is 1. The van der Waals surface area contributed by atoms with Gasteiger partial charge in [0.15, 0.2) is 0 Å². The van der Waals surface area contributed by atoms with Crippen LogP contribution in [0.25, 0.3) is 11.3 Å². The van der Waals surface area contributed by atoms with Crippen molar-refractivity contribution in [1.82, 2.24) is 19.6 Å². The first kappa shape index (κ1) is 12.5. The fourth-order valence-electron chi connectivity index (χ4n) is 1.81. The zero-order valence-corrected chi connectivity index (χ0v) is 11.4. The Morgan fingerprint density at radius 1 is 1.40 bits per heavy atom. The number of anilines is 1. The monoisotopic (exact) mass is 285 g/mol. The van der Waals surface area contributed by atoms with Crippen molar-refractivity contribution in [3.05, 3.63) is 47.4 Å². The summed E-state index contributed by atoms with van der Waals surface area (Å²) in [6.07, 6.45) is 3.35. The molecule has 0 bridgehead atoms. The van der Waals surface area contributed by atoms with E-state index < -0.39 is 0 Å². The van der Waals surface area contributed by atoms with Gasteiger partial charge in [0.25, 0.3) is 5.91 Å². The van der Waals surface area contributed by atoms with Gasteiger partial charge in [0.1, 0.15) is 4.88 Å². The highest BCUT2D eigenvalue weighted by Gasteiger charge is 2.13. The smallest absolute Gasteiger partial charge is 0.269 e. The van der Waals surface area contributed by atoms with Crippen molar-refractivity contribution >= 4 is 23.1 Å². The summed E-state index contributed by atoms with van der Waals surface area (Å²) >= 11 is 1.09. The van der Waals surface area contributed by atoms with Gasteiger partial charge in [-0.15, -0.1) is 5.10 Å². The van der Waals surface area contributed by atoms with Crippen molar-refractivity contribution in [2.75, 3.05) is 5.32 Å². The Balaban J connectivity index is 1.83. The predicted octanol–water partition coefficient (Wildman–Crippen LogP) is 2.49. The Bertz CT molecular complexity index is 735. The molecule has 20 heavy (non-hydrogen) atoms. The van der Waals surface area contributed by atoms with E-state index in [4.69, 9.17) is 0 Å². The molecule has 3 rings (SSSR count). The summed E-state index contributed by atoms with van der Waals surface area (Å²) in [5.74, 6) is -0.195. The van der Waals surface area contributed by atoms with Crippen molar-refractivity contribution in [2.45, 2.75) is 6.92 Å². The minimum Gasteiger partial charge on any atom is -0.345 e. The summed E-state index contributed by atoms with van der Waals surface area (Å²) < 4.78 is 3.76. The number of carbonyl (C=O) groups is 1. The SMILES string of the molecule is Cc1nnsc1C(=O)Nc1cccc(-c2cnc[nH]2)c1. The number of hydrogen-bond acceptors (Lipinski definition) is 5. The molecule has 0 atom stereocenters. The lowest BCUT2D eigenvalue weighted by Crippen LogP contribution is -2.11. The molecule has 0 aliphatic heterocycles. The summed E-state index contributed by atoms with van der Waals surface area (Å²) in [5, 5.41) is 6.68. The molecule has 0 saturated carbocycles. The van der Waals surface area contributed by atoms with Crippen molar-refractivity contribution in [2.24, 2.45) is 0 Å². The van der Waals surface area contributed by atoms with Gasteiger partial charge in [-0.1, -0.05) is 16.6 Å². The number of benzene rings is 1. The van der Waals surface area contributed by atoms with Crippen LogP contribution < -0.4 is 5.32 Å². The number of aromatic amines is 1. The van der Waals surface area contributed by atoms with Crippen LogP contribution in [0.2, 0.25) is 0 Å². The van der Waals surface area contributed by atoms with Crippen LogP contribution in [-0.4, -0.2) is 25.5 Å². The standard InChI is InChI=1S/C13H11N5OS/c1-8-12(20-18-17-8)13(19)16-10-4-2-3-9(5-10)11-6-14-7-15-11/h2-7H,1H3,(H,14,15)(H,16,19). The van der Waals surface area contributed by atoms with E-state index in [0.29, 0.717) is 10.6 Å². The van der Waals surface area contributed by atoms with Gasteiger partial charge in [0, 0.05) is 11.3 Å². The molecule has 0 spiro atoms. The predicted molar refractivity (Wildman–Crippen MR) is 76.6 cm³/mol. The fraction of sp³-hybridized carbons (Fsp3) is 0.0769. The summed E-state index contributed by atoms with van der Waals surface area (Å²) in [7, 11) is 0. The van der Waals surface area contributed by atoms with Gasteiger partial charge in [-0.3, -0.25) is 4.79 Å². The Hall–Kier alpha value is -2.54. The van der Waals surface area contributed by atoms with E-state index in [2.05, 4.69) is 24.9 Å². The number of carbonyl (C=O) groups excluding carboxylic acids is 1. The molecule has 0 aliphatic carbocycles. The molecule has 1 aromatic carbocycles. The van der Waals surface area contributed by atoms with E-state index in [1.807, 2.05) is 24.3 Å². The topological polar surface area (TPSA) is 83.6 Å². The highest BCUT2D eigenvalue weighted by molar-refractivity contribution is 7.08. The van der Waals surface area contributed by atoms with E-state index in [1.54, 1.807) is 19.4 Å². The minimum atomic E-state index is -0.195. The number of aryl methyl sites for hydroxylation is 1. The Kier molecular flexibility index (Phi) is 3.26. The molecule has 0 fully saturated rings. The van der Waals surface area contributed by atoms with Crippen molar-refractivity contribution < 1.29 is 4.79 Å². The molecule has 6 nitrogen and oxygen atoms in total. The minimum absolute atomic E-state index is 0.195. The Morgan fingerprint density at radius 2 is 2.30 bits per heavy atom. The lowest BCUT2D eigenvalue weighted by atomic mass is 10.1. The first-order valence-electron chi connectivity index (χ1n) is 5.93. The average Bonchev–Trinajstić information content (AvgIpc) is 3.09. The van der Waals surface area contributed by atoms with Crippen molar-refractivity contribution in [1.29, 1.82) is 0 Å². The normalized spacial score (nSPS) is 10.4. The third-order valence-corrected chi connectivity index (χ3v) is 3.61. The molecule has 2 aromatic heterocycles. The summed E-state index contributed by atoms with van der Waals surface area (Å²) in [5.41, 5.74) is 3.21. The van der Waals surface area contributed by atoms with Crippen molar-refractivity contribution in [3.63, 3.8) is 0 Å². The average molecular weight is 285 g/mol. The zero-order valence-electron chi connectivity index (χ0n) is 10.6. The molecule has 0 unspecified atom stereocenters. The highest BCUT2D eigenvalue weighted by atomic mass is 32.1. The van der Waals surface area contributed by atoms with Gasteiger partial charge < -0.3 is 10.3 Å². The van der Waals surface area contributed by atoms with E-state index in [9.17, 15) is 4.79 Å². The highest BCUT2D eigenvalue weighted by Crippen LogP contribution is 2.21. The maximum absolute atomic E-state index is 12.1. The summed E-state index contributed by atoms with van der Waals surface area (Å²) in [6.45, 7) is 1.76. The fourth-order valence-corrected chi connectivity index (χ4v) is 2.36. The van der Waals surface area contributed by atoms with Gasteiger partial charge in [0.05, 0.1) is 23.9 Å². The third kappa shape index (κ3) is 2.43. The van der Waals surface area contributed by atoms with Crippen LogP contribution in [0.5, 0.6) is 0 Å². The second kappa shape index (κ2) is 5.22. The summed E-state index contributed by atoms with van der Waals surface area (Å²) in [6, 6.07) is 7.54. The lowest BCUT2D eigenvalue weighted by Gasteiger charge is -2.05. The van der Waals surface area contributed by atoms with E-state index in [0.717, 1.165) is 28.5 Å². The molecular formula is C13H11N5OS. The van der Waals surface area contributed by atoms with E-state index in [1.165, 1.54) is 0 Å². The molecule has 1 amide bonds. The quantitative estimate of drug-likeness (QED) is 0.774. The second-order valence-corrected chi connectivity index (χ2v) is 4.94. The van der Waals surface area contributed by atoms with Crippen LogP contribution in [-0.2, 0) is 0 Å². The molecule has 0 radical (unpaired) electrons. The van der Waals surface area contributed by atoms with Gasteiger partial charge >= 0.3 is 0 Å². The molecule has 7 heteroatoms. The van der Waals surface area contributed by atoms with Crippen LogP contribution in [0.15, 0.2) is 36.8 Å². The number of H-pyrrole nitrogens is 1. The zero-order chi connectivity index (χ0) is 13.9. The van der Waals surface area contributed by atoms with Crippen molar-refractivity contribution in [3.8, 4) is 11.3 Å². The maximum Gasteiger partial charge on any atom is 0.269 e. The van der Waals surface area contributed by atoms with Crippen LogP contribution in [0, 0.1) is 6.92 Å². The number of amides is 1. The Morgan fingerprint density at radius 3 is 3.00 bits per heavy atom. The van der Waals surface area contributed by atoms with Gasteiger partial charge in [-0.05, 0) is 30.6 Å². The maximum atomic E-state index is 12.1. The number of aromatic nitrogens is 4. The third-order valence-electron chi connectivity index (χ3n) is 2.79. The second-order valence-electron chi connectivity index (χ2n) is 4.19. The van der Waals surface area contributed by atoms with Crippen LogP contribution in [0.3, 0.4) is 0 Å². The largest absolute Gasteiger partial charge is 0.345 e. The van der Waals surface area contributed by atoms with Crippen LogP contribution in [0.1, 0.15) is 15.4 Å². The molecular weight excluding hydrogens is 274 g/mol. The molecule has 3 aromatic rings. The van der Waals surface area contributed by atoms with Crippen LogP contribution in [0.4, 0.5) is 5.69 Å². The molecule has 0 saturated heterocycles.